The van der Waals surface area contributed by atoms with Crippen LogP contribution in [0.15, 0.2) is 28.7 Å². The van der Waals surface area contributed by atoms with E-state index in [0.717, 1.165) is 29.4 Å². The fraction of sp³-hybridized carbons (Fsp3) is 0.500. The van der Waals surface area contributed by atoms with Gasteiger partial charge in [-0.05, 0) is 37.1 Å². The highest BCUT2D eigenvalue weighted by molar-refractivity contribution is 9.10. The quantitative estimate of drug-likeness (QED) is 0.671. The van der Waals surface area contributed by atoms with Crippen LogP contribution in [-0.4, -0.2) is 29.9 Å². The van der Waals surface area contributed by atoms with E-state index in [-0.39, 0.29) is 6.61 Å². The highest BCUT2D eigenvalue weighted by atomic mass is 79.9. The molecule has 0 saturated heterocycles. The summed E-state index contributed by atoms with van der Waals surface area (Å²) in [5, 5.41) is 21.6. The SMILES string of the molecule is OCCCCNCC(O)c1cccc(Br)c1. The summed E-state index contributed by atoms with van der Waals surface area (Å²) < 4.78 is 0.976. The lowest BCUT2D eigenvalue weighted by atomic mass is 10.1. The third-order valence-electron chi connectivity index (χ3n) is 2.33. The van der Waals surface area contributed by atoms with E-state index in [1.165, 1.54) is 0 Å². The molecule has 0 spiro atoms. The van der Waals surface area contributed by atoms with Crippen LogP contribution in [0.25, 0.3) is 0 Å². The second-order valence-electron chi connectivity index (χ2n) is 3.71. The number of nitrogens with one attached hydrogen (secondary N) is 1. The molecule has 1 aromatic carbocycles. The molecule has 0 saturated carbocycles. The number of rotatable bonds is 7. The highest BCUT2D eigenvalue weighted by Gasteiger charge is 2.06. The first kappa shape index (κ1) is 13.6. The van der Waals surface area contributed by atoms with Gasteiger partial charge in [-0.25, -0.2) is 0 Å². The van der Waals surface area contributed by atoms with Crippen LogP contribution in [0, 0.1) is 0 Å². The Morgan fingerprint density at radius 2 is 2.12 bits per heavy atom. The Bertz CT molecular complexity index is 307. The summed E-state index contributed by atoms with van der Waals surface area (Å²) in [5.41, 5.74) is 0.907. The Balaban J connectivity index is 2.27. The molecule has 0 amide bonds. The first-order chi connectivity index (χ1) is 7.74. The zero-order chi connectivity index (χ0) is 11.8. The van der Waals surface area contributed by atoms with Crippen molar-refractivity contribution in [2.75, 3.05) is 19.7 Å². The number of hydrogen-bond donors (Lipinski definition) is 3. The summed E-state index contributed by atoms with van der Waals surface area (Å²) in [7, 11) is 0. The van der Waals surface area contributed by atoms with Gasteiger partial charge in [0.1, 0.15) is 0 Å². The van der Waals surface area contributed by atoms with Crippen molar-refractivity contribution in [3.63, 3.8) is 0 Å². The van der Waals surface area contributed by atoms with Crippen molar-refractivity contribution in [1.29, 1.82) is 0 Å². The summed E-state index contributed by atoms with van der Waals surface area (Å²) >= 11 is 3.37. The Labute approximate surface area is 105 Å². The minimum absolute atomic E-state index is 0.232. The average Bonchev–Trinajstić information content (AvgIpc) is 2.28. The molecule has 90 valence electrons. The van der Waals surface area contributed by atoms with E-state index in [2.05, 4.69) is 21.2 Å². The van der Waals surface area contributed by atoms with E-state index in [0.29, 0.717) is 6.54 Å². The lowest BCUT2D eigenvalue weighted by molar-refractivity contribution is 0.174. The van der Waals surface area contributed by atoms with Crippen LogP contribution < -0.4 is 5.32 Å². The van der Waals surface area contributed by atoms with Gasteiger partial charge in [-0.3, -0.25) is 0 Å². The van der Waals surface area contributed by atoms with Gasteiger partial charge >= 0.3 is 0 Å². The fourth-order valence-electron chi connectivity index (χ4n) is 1.43. The van der Waals surface area contributed by atoms with Gasteiger partial charge in [-0.1, -0.05) is 28.1 Å². The molecule has 0 heterocycles. The lowest BCUT2D eigenvalue weighted by Crippen LogP contribution is -2.22. The van der Waals surface area contributed by atoms with E-state index in [9.17, 15) is 5.11 Å². The second kappa shape index (κ2) is 7.79. The molecular weight excluding hydrogens is 270 g/mol. The predicted molar refractivity (Wildman–Crippen MR) is 68.3 cm³/mol. The molecule has 1 atom stereocenters. The van der Waals surface area contributed by atoms with Crippen molar-refractivity contribution in [2.24, 2.45) is 0 Å². The molecule has 3 N–H and O–H groups in total. The van der Waals surface area contributed by atoms with Crippen LogP contribution in [0.4, 0.5) is 0 Å². The lowest BCUT2D eigenvalue weighted by Gasteiger charge is -2.12. The Morgan fingerprint density at radius 1 is 1.31 bits per heavy atom. The minimum atomic E-state index is -0.480. The fourth-order valence-corrected chi connectivity index (χ4v) is 1.85. The zero-order valence-electron chi connectivity index (χ0n) is 9.19. The number of halogens is 1. The number of hydrogen-bond acceptors (Lipinski definition) is 3. The summed E-state index contributed by atoms with van der Waals surface area (Å²) in [5.74, 6) is 0. The highest BCUT2D eigenvalue weighted by Crippen LogP contribution is 2.17. The van der Waals surface area contributed by atoms with Gasteiger partial charge in [0, 0.05) is 17.6 Å². The molecule has 1 unspecified atom stereocenters. The second-order valence-corrected chi connectivity index (χ2v) is 4.62. The third kappa shape index (κ3) is 5.07. The first-order valence-electron chi connectivity index (χ1n) is 5.49. The molecular formula is C12H18BrNO2. The third-order valence-corrected chi connectivity index (χ3v) is 2.83. The molecule has 4 heteroatoms. The van der Waals surface area contributed by atoms with E-state index in [4.69, 9.17) is 5.11 Å². The van der Waals surface area contributed by atoms with Crippen molar-refractivity contribution >= 4 is 15.9 Å². The van der Waals surface area contributed by atoms with Crippen molar-refractivity contribution in [2.45, 2.75) is 18.9 Å². The van der Waals surface area contributed by atoms with Gasteiger partial charge in [0.25, 0.3) is 0 Å². The summed E-state index contributed by atoms with van der Waals surface area (Å²) in [6.07, 6.45) is 1.26. The van der Waals surface area contributed by atoms with E-state index in [1.54, 1.807) is 0 Å². The Kier molecular flexibility index (Phi) is 6.64. The monoisotopic (exact) mass is 287 g/mol. The maximum absolute atomic E-state index is 9.87. The van der Waals surface area contributed by atoms with E-state index >= 15 is 0 Å². The molecule has 0 aliphatic rings. The van der Waals surface area contributed by atoms with Crippen LogP contribution in [0.3, 0.4) is 0 Å². The van der Waals surface area contributed by atoms with Gasteiger partial charge in [0.05, 0.1) is 6.10 Å². The zero-order valence-corrected chi connectivity index (χ0v) is 10.8. The molecule has 0 bridgehead atoms. The van der Waals surface area contributed by atoms with Crippen LogP contribution in [0.2, 0.25) is 0 Å². The predicted octanol–water partition coefficient (Wildman–Crippen LogP) is 1.84. The van der Waals surface area contributed by atoms with E-state index in [1.807, 2.05) is 24.3 Å². The standard InChI is InChI=1S/C12H18BrNO2/c13-11-5-3-4-10(8-11)12(16)9-14-6-1-2-7-15/h3-5,8,12,14-16H,1-2,6-7,9H2. The molecule has 0 radical (unpaired) electrons. The topological polar surface area (TPSA) is 52.5 Å². The summed E-state index contributed by atoms with van der Waals surface area (Å²) in [6, 6.07) is 7.67. The maximum Gasteiger partial charge on any atom is 0.0914 e. The van der Waals surface area contributed by atoms with Gasteiger partial charge < -0.3 is 15.5 Å². The van der Waals surface area contributed by atoms with Crippen molar-refractivity contribution < 1.29 is 10.2 Å². The van der Waals surface area contributed by atoms with Crippen LogP contribution >= 0.6 is 15.9 Å². The molecule has 1 rings (SSSR count). The van der Waals surface area contributed by atoms with Crippen LogP contribution in [-0.2, 0) is 0 Å². The smallest absolute Gasteiger partial charge is 0.0914 e. The van der Waals surface area contributed by atoms with Gasteiger partial charge in [-0.15, -0.1) is 0 Å². The van der Waals surface area contributed by atoms with Gasteiger partial charge in [0.15, 0.2) is 0 Å². The molecule has 3 nitrogen and oxygen atoms in total. The molecule has 0 aliphatic heterocycles. The molecule has 0 fully saturated rings. The molecule has 0 aliphatic carbocycles. The van der Waals surface area contributed by atoms with Crippen molar-refractivity contribution in [3.8, 4) is 0 Å². The number of unbranched alkanes of at least 4 members (excludes halogenated alkanes) is 1. The Morgan fingerprint density at radius 3 is 2.81 bits per heavy atom. The summed E-state index contributed by atoms with van der Waals surface area (Å²) in [4.78, 5) is 0. The van der Waals surface area contributed by atoms with E-state index < -0.39 is 6.10 Å². The number of aliphatic hydroxyl groups excluding tert-OH is 2. The number of aliphatic hydroxyl groups is 2. The average molecular weight is 288 g/mol. The Hall–Kier alpha value is -0.420. The normalized spacial score (nSPS) is 12.7. The van der Waals surface area contributed by atoms with Gasteiger partial charge in [0.2, 0.25) is 0 Å². The molecule has 0 aromatic heterocycles. The number of benzene rings is 1. The molecule has 1 aromatic rings. The van der Waals surface area contributed by atoms with Crippen molar-refractivity contribution in [3.05, 3.63) is 34.3 Å². The van der Waals surface area contributed by atoms with Crippen molar-refractivity contribution in [1.82, 2.24) is 5.32 Å². The molecule has 16 heavy (non-hydrogen) atoms. The maximum atomic E-state index is 9.87. The van der Waals surface area contributed by atoms with Gasteiger partial charge in [-0.2, -0.15) is 0 Å². The largest absolute Gasteiger partial charge is 0.396 e. The van der Waals surface area contributed by atoms with Crippen LogP contribution in [0.5, 0.6) is 0 Å². The van der Waals surface area contributed by atoms with Crippen LogP contribution in [0.1, 0.15) is 24.5 Å². The first-order valence-corrected chi connectivity index (χ1v) is 6.28. The summed E-state index contributed by atoms with van der Waals surface area (Å²) in [6.45, 7) is 1.60. The minimum Gasteiger partial charge on any atom is -0.396 e.